The molecule has 2 heterocycles. The molecule has 0 radical (unpaired) electrons. The number of rotatable bonds is 6. The maximum atomic E-state index is 12.5. The number of likely N-dealkylation sites (tertiary alicyclic amines) is 1. The molecule has 1 aliphatic rings. The lowest BCUT2D eigenvalue weighted by molar-refractivity contribution is -0.126. The summed E-state index contributed by atoms with van der Waals surface area (Å²) >= 11 is 1.40. The van der Waals surface area contributed by atoms with E-state index in [0.717, 1.165) is 30.7 Å². The summed E-state index contributed by atoms with van der Waals surface area (Å²) in [7, 11) is 0. The topological polar surface area (TPSA) is 88.3 Å². The zero-order valence-corrected chi connectivity index (χ0v) is 13.8. The highest BCUT2D eigenvalue weighted by atomic mass is 32.1. The summed E-state index contributed by atoms with van der Waals surface area (Å²) in [6.07, 6.45) is 3.74. The molecule has 1 fully saturated rings. The quantitative estimate of drug-likeness (QED) is 0.774. The number of nitrogens with two attached hydrogens (primary N) is 1. The number of nitrogens with one attached hydrogen (secondary N) is 1. The molecule has 0 bridgehead atoms. The van der Waals surface area contributed by atoms with Gasteiger partial charge in [0.05, 0.1) is 5.92 Å². The molecule has 7 heteroatoms. The van der Waals surface area contributed by atoms with E-state index in [9.17, 15) is 9.59 Å². The SMILES string of the molecule is CCCCNC(=O)C1CCCN(C(=O)c2csc(CN)n2)C1. The fourth-order valence-corrected chi connectivity index (χ4v) is 3.22. The number of piperidine rings is 1. The van der Waals surface area contributed by atoms with E-state index in [2.05, 4.69) is 17.2 Å². The number of hydrogen-bond donors (Lipinski definition) is 2. The minimum absolute atomic E-state index is 0.0619. The molecule has 0 spiro atoms. The number of hydrogen-bond acceptors (Lipinski definition) is 5. The van der Waals surface area contributed by atoms with Crippen LogP contribution < -0.4 is 11.1 Å². The van der Waals surface area contributed by atoms with E-state index in [0.29, 0.717) is 31.9 Å². The van der Waals surface area contributed by atoms with Crippen LogP contribution in [0.25, 0.3) is 0 Å². The molecule has 0 saturated carbocycles. The van der Waals surface area contributed by atoms with Gasteiger partial charge in [0.15, 0.2) is 0 Å². The molecule has 2 rings (SSSR count). The van der Waals surface area contributed by atoms with E-state index in [1.807, 2.05) is 0 Å². The van der Waals surface area contributed by atoms with E-state index in [1.54, 1.807) is 10.3 Å². The summed E-state index contributed by atoms with van der Waals surface area (Å²) in [5.41, 5.74) is 5.97. The minimum Gasteiger partial charge on any atom is -0.356 e. The smallest absolute Gasteiger partial charge is 0.273 e. The second-order valence-corrected chi connectivity index (χ2v) is 6.51. The van der Waals surface area contributed by atoms with Gasteiger partial charge in [-0.3, -0.25) is 9.59 Å². The normalized spacial score (nSPS) is 18.3. The van der Waals surface area contributed by atoms with Crippen molar-refractivity contribution in [3.8, 4) is 0 Å². The Hall–Kier alpha value is -1.47. The van der Waals surface area contributed by atoms with Gasteiger partial charge in [0.1, 0.15) is 10.7 Å². The third kappa shape index (κ3) is 4.27. The van der Waals surface area contributed by atoms with Crippen molar-refractivity contribution < 1.29 is 9.59 Å². The van der Waals surface area contributed by atoms with Gasteiger partial charge in [-0.05, 0) is 19.3 Å². The fraction of sp³-hybridized carbons (Fsp3) is 0.667. The maximum Gasteiger partial charge on any atom is 0.273 e. The lowest BCUT2D eigenvalue weighted by atomic mass is 9.97. The van der Waals surface area contributed by atoms with Crippen LogP contribution >= 0.6 is 11.3 Å². The van der Waals surface area contributed by atoms with E-state index in [4.69, 9.17) is 5.73 Å². The molecule has 1 unspecified atom stereocenters. The highest BCUT2D eigenvalue weighted by molar-refractivity contribution is 7.09. The van der Waals surface area contributed by atoms with Gasteiger partial charge in [-0.2, -0.15) is 0 Å². The van der Waals surface area contributed by atoms with Crippen LogP contribution in [0.3, 0.4) is 0 Å². The van der Waals surface area contributed by atoms with Crippen LogP contribution in [0.15, 0.2) is 5.38 Å². The van der Waals surface area contributed by atoms with Crippen LogP contribution in [-0.2, 0) is 11.3 Å². The van der Waals surface area contributed by atoms with Gasteiger partial charge < -0.3 is 16.0 Å². The minimum atomic E-state index is -0.109. The molecule has 122 valence electrons. The van der Waals surface area contributed by atoms with Crippen molar-refractivity contribution in [2.45, 2.75) is 39.2 Å². The molecule has 2 amide bonds. The molecular weight excluding hydrogens is 300 g/mol. The summed E-state index contributed by atoms with van der Waals surface area (Å²) in [4.78, 5) is 30.6. The van der Waals surface area contributed by atoms with Gasteiger partial charge in [-0.1, -0.05) is 13.3 Å². The van der Waals surface area contributed by atoms with Gasteiger partial charge in [0.25, 0.3) is 5.91 Å². The third-order valence-corrected chi connectivity index (χ3v) is 4.73. The summed E-state index contributed by atoms with van der Waals surface area (Å²) < 4.78 is 0. The second-order valence-electron chi connectivity index (χ2n) is 5.57. The van der Waals surface area contributed by atoms with Crippen molar-refractivity contribution in [1.29, 1.82) is 0 Å². The van der Waals surface area contributed by atoms with Crippen LogP contribution in [0.5, 0.6) is 0 Å². The summed E-state index contributed by atoms with van der Waals surface area (Å²) in [5.74, 6) is -0.143. The van der Waals surface area contributed by atoms with Crippen LogP contribution in [-0.4, -0.2) is 41.3 Å². The van der Waals surface area contributed by atoms with E-state index in [1.165, 1.54) is 11.3 Å². The Morgan fingerprint density at radius 2 is 2.36 bits per heavy atom. The zero-order valence-electron chi connectivity index (χ0n) is 13.0. The Balaban J connectivity index is 1.92. The number of unbranched alkanes of at least 4 members (excludes halogenated alkanes) is 1. The predicted octanol–water partition coefficient (Wildman–Crippen LogP) is 1.37. The monoisotopic (exact) mass is 324 g/mol. The summed E-state index contributed by atoms with van der Waals surface area (Å²) in [5, 5.41) is 5.46. The first-order valence-electron chi connectivity index (χ1n) is 7.87. The van der Waals surface area contributed by atoms with E-state index >= 15 is 0 Å². The van der Waals surface area contributed by atoms with Crippen molar-refractivity contribution in [2.24, 2.45) is 11.7 Å². The van der Waals surface area contributed by atoms with Crippen molar-refractivity contribution in [2.75, 3.05) is 19.6 Å². The van der Waals surface area contributed by atoms with Crippen LogP contribution in [0.2, 0.25) is 0 Å². The average molecular weight is 324 g/mol. The Kier molecular flexibility index (Phi) is 6.33. The molecule has 22 heavy (non-hydrogen) atoms. The Labute approximate surface area is 135 Å². The number of aromatic nitrogens is 1. The largest absolute Gasteiger partial charge is 0.356 e. The molecule has 6 nitrogen and oxygen atoms in total. The van der Waals surface area contributed by atoms with Crippen LogP contribution in [0, 0.1) is 5.92 Å². The molecule has 0 aromatic carbocycles. The Morgan fingerprint density at radius 1 is 1.55 bits per heavy atom. The number of nitrogens with zero attached hydrogens (tertiary/aromatic N) is 2. The molecule has 1 atom stereocenters. The molecule has 1 saturated heterocycles. The molecule has 3 N–H and O–H groups in total. The van der Waals surface area contributed by atoms with E-state index in [-0.39, 0.29) is 17.7 Å². The first-order chi connectivity index (χ1) is 10.7. The molecular formula is C15H24N4O2S. The molecule has 1 aromatic heterocycles. The van der Waals surface area contributed by atoms with Crippen molar-refractivity contribution in [3.63, 3.8) is 0 Å². The Morgan fingerprint density at radius 3 is 3.05 bits per heavy atom. The van der Waals surface area contributed by atoms with Gasteiger partial charge in [-0.25, -0.2) is 4.98 Å². The van der Waals surface area contributed by atoms with Crippen LogP contribution in [0.4, 0.5) is 0 Å². The third-order valence-electron chi connectivity index (χ3n) is 3.85. The summed E-state index contributed by atoms with van der Waals surface area (Å²) in [6, 6.07) is 0. The lowest BCUT2D eigenvalue weighted by Crippen LogP contribution is -2.45. The number of amides is 2. The first kappa shape index (κ1) is 16.9. The van der Waals surface area contributed by atoms with E-state index < -0.39 is 0 Å². The molecule has 0 aliphatic carbocycles. The number of carbonyl (C=O) groups excluding carboxylic acids is 2. The van der Waals surface area contributed by atoms with Crippen LogP contribution in [0.1, 0.15) is 48.1 Å². The molecule has 1 aromatic rings. The Bertz CT molecular complexity index is 517. The van der Waals surface area contributed by atoms with Crippen molar-refractivity contribution in [3.05, 3.63) is 16.1 Å². The van der Waals surface area contributed by atoms with Crippen molar-refractivity contribution in [1.82, 2.24) is 15.2 Å². The van der Waals surface area contributed by atoms with Crippen molar-refractivity contribution >= 4 is 23.2 Å². The average Bonchev–Trinajstić information content (AvgIpc) is 3.03. The van der Waals surface area contributed by atoms with Gasteiger partial charge in [-0.15, -0.1) is 11.3 Å². The maximum absolute atomic E-state index is 12.5. The first-order valence-corrected chi connectivity index (χ1v) is 8.75. The standard InChI is InChI=1S/C15H24N4O2S/c1-2-3-6-17-14(20)11-5-4-7-19(9-11)15(21)12-10-22-13(8-16)18-12/h10-11H,2-9,16H2,1H3,(H,17,20). The van der Waals surface area contributed by atoms with Gasteiger partial charge in [0, 0.05) is 31.6 Å². The zero-order chi connectivity index (χ0) is 15.9. The summed E-state index contributed by atoms with van der Waals surface area (Å²) in [6.45, 7) is 4.32. The van der Waals surface area contributed by atoms with Gasteiger partial charge >= 0.3 is 0 Å². The second kappa shape index (κ2) is 8.24. The fourth-order valence-electron chi connectivity index (χ4n) is 2.57. The number of thiazole rings is 1. The highest BCUT2D eigenvalue weighted by Gasteiger charge is 2.29. The van der Waals surface area contributed by atoms with Gasteiger partial charge in [0.2, 0.25) is 5.91 Å². The molecule has 1 aliphatic heterocycles. The highest BCUT2D eigenvalue weighted by Crippen LogP contribution is 2.20. The predicted molar refractivity (Wildman–Crippen MR) is 86.6 cm³/mol. The number of carbonyl (C=O) groups is 2. The lowest BCUT2D eigenvalue weighted by Gasteiger charge is -2.31.